The van der Waals surface area contributed by atoms with Gasteiger partial charge in [0.2, 0.25) is 0 Å². The van der Waals surface area contributed by atoms with E-state index in [-0.39, 0.29) is 29.8 Å². The number of thiazole rings is 1. The van der Waals surface area contributed by atoms with Crippen molar-refractivity contribution in [3.05, 3.63) is 72.2 Å². The average molecular weight is 420 g/mol. The summed E-state index contributed by atoms with van der Waals surface area (Å²) in [5.41, 5.74) is 8.57. The largest absolute Gasteiger partial charge is 0.448 e. The minimum Gasteiger partial charge on any atom is -0.448 e. The molecule has 1 saturated heterocycles. The normalized spacial score (nSPS) is 21.2. The van der Waals surface area contributed by atoms with E-state index in [9.17, 15) is 4.79 Å². The minimum absolute atomic E-state index is 0.0956. The number of furan rings is 1. The number of nitrogens with zero attached hydrogens (tertiary/aromatic N) is 2. The molecule has 0 spiro atoms. The molecule has 1 aromatic carbocycles. The third kappa shape index (κ3) is 3.49. The highest BCUT2D eigenvalue weighted by atomic mass is 32.1. The summed E-state index contributed by atoms with van der Waals surface area (Å²) in [5, 5.41) is 3.81. The van der Waals surface area contributed by atoms with Gasteiger partial charge >= 0.3 is 0 Å². The van der Waals surface area contributed by atoms with Crippen LogP contribution in [0.1, 0.15) is 35.5 Å². The number of fused-ring (bicyclic) bond motifs is 1. The van der Waals surface area contributed by atoms with E-state index in [1.807, 2.05) is 36.4 Å². The number of rotatable bonds is 5. The van der Waals surface area contributed by atoms with Crippen LogP contribution in [-0.4, -0.2) is 22.0 Å². The van der Waals surface area contributed by atoms with Crippen LogP contribution in [0.15, 0.2) is 65.3 Å². The van der Waals surface area contributed by atoms with Crippen molar-refractivity contribution in [2.45, 2.75) is 25.6 Å². The van der Waals surface area contributed by atoms with Gasteiger partial charge in [-0.2, -0.15) is 0 Å². The molecule has 3 N–H and O–H groups in total. The number of benzene rings is 1. The Bertz CT molecular complexity index is 1140. The van der Waals surface area contributed by atoms with Crippen LogP contribution in [0.4, 0.5) is 0 Å². The van der Waals surface area contributed by atoms with E-state index in [1.165, 1.54) is 0 Å². The Morgan fingerprint density at radius 2 is 1.97 bits per heavy atom. The van der Waals surface area contributed by atoms with E-state index in [0.717, 1.165) is 27.2 Å². The molecule has 30 heavy (non-hydrogen) atoms. The van der Waals surface area contributed by atoms with Crippen molar-refractivity contribution >= 4 is 27.5 Å². The van der Waals surface area contributed by atoms with Crippen molar-refractivity contribution in [2.75, 3.05) is 0 Å². The van der Waals surface area contributed by atoms with E-state index in [2.05, 4.69) is 33.1 Å². The van der Waals surface area contributed by atoms with E-state index in [4.69, 9.17) is 4.42 Å². The summed E-state index contributed by atoms with van der Waals surface area (Å²) in [5.74, 6) is 0.805. The summed E-state index contributed by atoms with van der Waals surface area (Å²) in [7, 11) is 0. The number of carbonyl (C=O) groups excluding carboxylic acids is 1. The maximum atomic E-state index is 12.8. The zero-order valence-electron chi connectivity index (χ0n) is 16.3. The summed E-state index contributed by atoms with van der Waals surface area (Å²) in [6.07, 6.45) is 4.24. The first kappa shape index (κ1) is 18.9. The van der Waals surface area contributed by atoms with Gasteiger partial charge in [0.05, 0.1) is 22.4 Å². The molecule has 1 amide bonds. The molecule has 0 bridgehead atoms. The van der Waals surface area contributed by atoms with Crippen molar-refractivity contribution in [2.24, 2.45) is 5.92 Å². The van der Waals surface area contributed by atoms with Crippen LogP contribution in [0.5, 0.6) is 0 Å². The third-order valence-corrected chi connectivity index (χ3v) is 6.46. The lowest BCUT2D eigenvalue weighted by molar-refractivity contribution is 0.0892. The molecular formula is C22H21N5O2S. The van der Waals surface area contributed by atoms with Gasteiger partial charge in [-0.15, -0.1) is 11.3 Å². The second-order valence-corrected chi connectivity index (χ2v) is 8.25. The van der Waals surface area contributed by atoms with Gasteiger partial charge in [-0.3, -0.25) is 9.78 Å². The van der Waals surface area contributed by atoms with Gasteiger partial charge in [-0.25, -0.2) is 15.8 Å². The fourth-order valence-electron chi connectivity index (χ4n) is 3.87. The van der Waals surface area contributed by atoms with Crippen LogP contribution in [0, 0.1) is 5.92 Å². The second-order valence-electron chi connectivity index (χ2n) is 7.22. The number of pyridine rings is 1. The SMILES string of the molecule is CCC1C(NC(=O)c2ccc(-c3nc4ccccc4s3)o2)NNC1c1ccncc1. The van der Waals surface area contributed by atoms with Crippen LogP contribution < -0.4 is 16.2 Å². The first-order chi connectivity index (χ1) is 14.7. The summed E-state index contributed by atoms with van der Waals surface area (Å²) >= 11 is 1.55. The number of aromatic nitrogens is 2. The molecule has 0 saturated carbocycles. The van der Waals surface area contributed by atoms with Crippen LogP contribution in [0.2, 0.25) is 0 Å². The fraction of sp³-hybridized carbons (Fsp3) is 0.227. The van der Waals surface area contributed by atoms with Crippen molar-refractivity contribution in [3.8, 4) is 10.8 Å². The molecule has 0 aliphatic carbocycles. The summed E-state index contributed by atoms with van der Waals surface area (Å²) in [6, 6.07) is 15.5. The van der Waals surface area contributed by atoms with Gasteiger partial charge in [0.15, 0.2) is 16.5 Å². The monoisotopic (exact) mass is 419 g/mol. The predicted octanol–water partition coefficient (Wildman–Crippen LogP) is 3.88. The molecule has 3 atom stereocenters. The van der Waals surface area contributed by atoms with Gasteiger partial charge in [-0.1, -0.05) is 19.1 Å². The summed E-state index contributed by atoms with van der Waals surface area (Å²) < 4.78 is 6.92. The first-order valence-electron chi connectivity index (χ1n) is 9.90. The Balaban J connectivity index is 1.31. The molecular weight excluding hydrogens is 398 g/mol. The number of hydrazine groups is 1. The van der Waals surface area contributed by atoms with Gasteiger partial charge < -0.3 is 9.73 Å². The van der Waals surface area contributed by atoms with E-state index in [1.54, 1.807) is 35.9 Å². The van der Waals surface area contributed by atoms with Gasteiger partial charge in [-0.05, 0) is 48.4 Å². The molecule has 152 valence electrons. The second kappa shape index (κ2) is 7.98. The first-order valence-corrected chi connectivity index (χ1v) is 10.7. The molecule has 1 aliphatic heterocycles. The van der Waals surface area contributed by atoms with Crippen molar-refractivity contribution in [1.29, 1.82) is 0 Å². The van der Waals surface area contributed by atoms with E-state index < -0.39 is 0 Å². The average Bonchev–Trinajstić information content (AvgIpc) is 3.51. The third-order valence-electron chi connectivity index (χ3n) is 5.41. The Morgan fingerprint density at radius 1 is 1.13 bits per heavy atom. The molecule has 3 unspecified atom stereocenters. The zero-order valence-corrected chi connectivity index (χ0v) is 17.1. The molecule has 1 aliphatic rings. The van der Waals surface area contributed by atoms with Gasteiger partial charge in [0.1, 0.15) is 0 Å². The highest BCUT2D eigenvalue weighted by molar-refractivity contribution is 7.21. The van der Waals surface area contributed by atoms with Crippen molar-refractivity contribution < 1.29 is 9.21 Å². The van der Waals surface area contributed by atoms with Gasteiger partial charge in [0.25, 0.3) is 5.91 Å². The Morgan fingerprint density at radius 3 is 2.77 bits per heavy atom. The van der Waals surface area contributed by atoms with E-state index in [0.29, 0.717) is 5.76 Å². The Kier molecular flexibility index (Phi) is 5.04. The van der Waals surface area contributed by atoms with Crippen molar-refractivity contribution in [1.82, 2.24) is 26.1 Å². The number of hydrogen-bond acceptors (Lipinski definition) is 7. The number of hydrogen-bond donors (Lipinski definition) is 3. The number of amides is 1. The number of para-hydroxylation sites is 1. The minimum atomic E-state index is -0.254. The molecule has 4 aromatic rings. The molecule has 8 heteroatoms. The molecule has 5 rings (SSSR count). The fourth-order valence-corrected chi connectivity index (χ4v) is 4.79. The highest BCUT2D eigenvalue weighted by Crippen LogP contribution is 2.32. The van der Waals surface area contributed by atoms with E-state index >= 15 is 0 Å². The maximum absolute atomic E-state index is 12.8. The number of carbonyl (C=O) groups is 1. The topological polar surface area (TPSA) is 92.1 Å². The molecule has 7 nitrogen and oxygen atoms in total. The summed E-state index contributed by atoms with van der Waals surface area (Å²) in [4.78, 5) is 21.5. The Labute approximate surface area is 177 Å². The predicted molar refractivity (Wildman–Crippen MR) is 116 cm³/mol. The molecule has 4 heterocycles. The van der Waals surface area contributed by atoms with Gasteiger partial charge in [0, 0.05) is 18.3 Å². The van der Waals surface area contributed by atoms with Crippen LogP contribution >= 0.6 is 11.3 Å². The maximum Gasteiger partial charge on any atom is 0.288 e. The number of nitrogens with one attached hydrogen (secondary N) is 3. The molecule has 1 fully saturated rings. The molecule has 0 radical (unpaired) electrons. The van der Waals surface area contributed by atoms with Crippen LogP contribution in [0.3, 0.4) is 0 Å². The standard InChI is InChI=1S/C22H21N5O2S/c1-2-14-19(13-9-11-23-12-10-13)26-27-20(14)25-21(28)16-7-8-17(29-16)22-24-15-5-3-4-6-18(15)30-22/h3-12,14,19-20,26-27H,2H2,1H3,(H,25,28). The summed E-state index contributed by atoms with van der Waals surface area (Å²) in [6.45, 7) is 2.12. The van der Waals surface area contributed by atoms with Crippen molar-refractivity contribution in [3.63, 3.8) is 0 Å². The Hall–Kier alpha value is -3.07. The quantitative estimate of drug-likeness (QED) is 0.455. The van der Waals surface area contributed by atoms with Crippen LogP contribution in [0.25, 0.3) is 21.0 Å². The smallest absolute Gasteiger partial charge is 0.288 e. The highest BCUT2D eigenvalue weighted by Gasteiger charge is 2.36. The molecule has 3 aromatic heterocycles. The lowest BCUT2D eigenvalue weighted by Crippen LogP contribution is -2.46. The van der Waals surface area contributed by atoms with Crippen LogP contribution in [-0.2, 0) is 0 Å². The lowest BCUT2D eigenvalue weighted by atomic mass is 9.91. The zero-order chi connectivity index (χ0) is 20.5. The lowest BCUT2D eigenvalue weighted by Gasteiger charge is -2.22.